The maximum atomic E-state index is 12.5. The monoisotopic (exact) mass is 409 g/mol. The van der Waals surface area contributed by atoms with Crippen molar-refractivity contribution in [1.29, 1.82) is 0 Å². The molecule has 1 fully saturated rings. The second-order valence-electron chi connectivity index (χ2n) is 7.44. The van der Waals surface area contributed by atoms with Gasteiger partial charge in [-0.25, -0.2) is 0 Å². The molecule has 1 aliphatic heterocycles. The van der Waals surface area contributed by atoms with Crippen molar-refractivity contribution in [2.75, 3.05) is 26.2 Å². The fraction of sp³-hybridized carbons (Fsp3) is 0.304. The Balaban J connectivity index is 1.32. The average molecular weight is 409 g/mol. The van der Waals surface area contributed by atoms with Crippen LogP contribution in [0.15, 0.2) is 74.7 Å². The minimum Gasteiger partial charge on any atom is -0.479 e. The fourth-order valence-corrected chi connectivity index (χ4v) is 3.61. The van der Waals surface area contributed by atoms with Crippen LogP contribution < -0.4 is 15.1 Å². The Morgan fingerprint density at radius 1 is 1.13 bits per heavy atom. The molecule has 156 valence electrons. The summed E-state index contributed by atoms with van der Waals surface area (Å²) in [4.78, 5) is 27.9. The van der Waals surface area contributed by atoms with Crippen LogP contribution in [0.25, 0.3) is 0 Å². The van der Waals surface area contributed by atoms with Crippen LogP contribution in [-0.2, 0) is 6.54 Å². The minimum absolute atomic E-state index is 0.0837. The Labute approximate surface area is 174 Å². The number of furan rings is 1. The number of hydrogen-bond donors (Lipinski definition) is 1. The molecule has 0 saturated carbocycles. The molecule has 0 spiro atoms. The first-order valence-corrected chi connectivity index (χ1v) is 10.1. The van der Waals surface area contributed by atoms with Gasteiger partial charge in [0, 0.05) is 6.07 Å². The smallest absolute Gasteiger partial charge is 0.289 e. The van der Waals surface area contributed by atoms with E-state index in [1.165, 1.54) is 23.5 Å². The van der Waals surface area contributed by atoms with Crippen LogP contribution in [0.5, 0.6) is 5.75 Å². The van der Waals surface area contributed by atoms with Crippen molar-refractivity contribution < 1.29 is 23.3 Å². The highest BCUT2D eigenvalue weighted by molar-refractivity contribution is 5.91. The number of piperazine rings is 1. The van der Waals surface area contributed by atoms with E-state index in [9.17, 15) is 9.59 Å². The van der Waals surface area contributed by atoms with Crippen LogP contribution in [0.1, 0.15) is 34.9 Å². The summed E-state index contributed by atoms with van der Waals surface area (Å²) in [5.74, 6) is 1.10. The third-order valence-corrected chi connectivity index (χ3v) is 5.34. The van der Waals surface area contributed by atoms with Crippen LogP contribution in [-0.4, -0.2) is 37.0 Å². The molecule has 1 N–H and O–H groups in total. The maximum Gasteiger partial charge on any atom is 0.289 e. The van der Waals surface area contributed by atoms with Crippen molar-refractivity contribution in [1.82, 2.24) is 4.90 Å². The molecule has 1 aromatic carbocycles. The second-order valence-corrected chi connectivity index (χ2v) is 7.44. The van der Waals surface area contributed by atoms with E-state index in [1.807, 2.05) is 37.3 Å². The Morgan fingerprint density at radius 2 is 1.90 bits per heavy atom. The molecule has 30 heavy (non-hydrogen) atoms. The summed E-state index contributed by atoms with van der Waals surface area (Å²) in [6.45, 7) is 5.31. The van der Waals surface area contributed by atoms with E-state index in [0.29, 0.717) is 31.2 Å². The van der Waals surface area contributed by atoms with Gasteiger partial charge in [-0.3, -0.25) is 9.59 Å². The fourth-order valence-electron chi connectivity index (χ4n) is 3.61. The predicted octanol–water partition coefficient (Wildman–Crippen LogP) is 1.91. The summed E-state index contributed by atoms with van der Waals surface area (Å²) >= 11 is 0. The molecule has 3 aromatic rings. The van der Waals surface area contributed by atoms with E-state index in [0.717, 1.165) is 18.7 Å². The molecule has 4 rings (SSSR count). The van der Waals surface area contributed by atoms with Gasteiger partial charge in [0.15, 0.2) is 11.5 Å². The van der Waals surface area contributed by atoms with Gasteiger partial charge < -0.3 is 23.4 Å². The lowest BCUT2D eigenvalue weighted by molar-refractivity contribution is -0.918. The molecule has 0 aliphatic carbocycles. The van der Waals surface area contributed by atoms with Gasteiger partial charge in [0.25, 0.3) is 5.91 Å². The molecular formula is C23H25N2O5+. The average Bonchev–Trinajstić information content (AvgIpc) is 3.31. The highest BCUT2D eigenvalue weighted by Crippen LogP contribution is 2.19. The van der Waals surface area contributed by atoms with Gasteiger partial charge in [0.05, 0.1) is 32.4 Å². The Hall–Kier alpha value is -3.32. The summed E-state index contributed by atoms with van der Waals surface area (Å²) in [6.07, 6.45) is 2.66. The molecular weight excluding hydrogens is 384 g/mol. The highest BCUT2D eigenvalue weighted by Gasteiger charge is 2.26. The number of nitrogens with zero attached hydrogens (tertiary/aromatic N) is 1. The molecule has 1 atom stereocenters. The maximum absolute atomic E-state index is 12.5. The third kappa shape index (κ3) is 4.63. The van der Waals surface area contributed by atoms with Gasteiger partial charge in [-0.1, -0.05) is 30.3 Å². The van der Waals surface area contributed by atoms with Crippen molar-refractivity contribution in [3.63, 3.8) is 0 Å². The number of carbonyl (C=O) groups excluding carboxylic acids is 1. The number of hydrogen-bond acceptors (Lipinski definition) is 5. The second kappa shape index (κ2) is 9.00. The van der Waals surface area contributed by atoms with E-state index in [-0.39, 0.29) is 23.2 Å². The van der Waals surface area contributed by atoms with E-state index in [4.69, 9.17) is 13.6 Å². The van der Waals surface area contributed by atoms with Gasteiger partial charge in [-0.2, -0.15) is 0 Å². The molecule has 7 heteroatoms. The topological polar surface area (TPSA) is 77.3 Å². The van der Waals surface area contributed by atoms with Crippen LogP contribution in [0.2, 0.25) is 0 Å². The van der Waals surface area contributed by atoms with Gasteiger partial charge >= 0.3 is 0 Å². The molecule has 1 amide bonds. The van der Waals surface area contributed by atoms with Crippen LogP contribution in [0.4, 0.5) is 0 Å². The van der Waals surface area contributed by atoms with Gasteiger partial charge in [-0.05, 0) is 24.6 Å². The summed E-state index contributed by atoms with van der Waals surface area (Å²) in [7, 11) is 0. The van der Waals surface area contributed by atoms with Crippen LogP contribution in [0, 0.1) is 0 Å². The quantitative estimate of drug-likeness (QED) is 0.673. The van der Waals surface area contributed by atoms with E-state index in [1.54, 1.807) is 17.0 Å². The van der Waals surface area contributed by atoms with E-state index >= 15 is 0 Å². The number of benzene rings is 1. The number of amides is 1. The highest BCUT2D eigenvalue weighted by atomic mass is 16.5. The Bertz CT molecular complexity index is 1020. The van der Waals surface area contributed by atoms with Crippen molar-refractivity contribution in [3.8, 4) is 5.75 Å². The van der Waals surface area contributed by atoms with E-state index in [2.05, 4.69) is 0 Å². The molecule has 1 saturated heterocycles. The van der Waals surface area contributed by atoms with Crippen molar-refractivity contribution in [2.24, 2.45) is 0 Å². The van der Waals surface area contributed by atoms with Gasteiger partial charge in [-0.15, -0.1) is 0 Å². The lowest BCUT2D eigenvalue weighted by Crippen LogP contribution is -3.13. The van der Waals surface area contributed by atoms with Crippen LogP contribution >= 0.6 is 0 Å². The van der Waals surface area contributed by atoms with Crippen molar-refractivity contribution in [2.45, 2.75) is 19.6 Å². The minimum atomic E-state index is -0.245. The number of rotatable bonds is 6. The zero-order valence-corrected chi connectivity index (χ0v) is 16.9. The first-order chi connectivity index (χ1) is 14.6. The largest absolute Gasteiger partial charge is 0.479 e. The third-order valence-electron chi connectivity index (χ3n) is 5.34. The number of ether oxygens (including phenoxy) is 1. The molecule has 7 nitrogen and oxygen atoms in total. The first-order valence-electron chi connectivity index (χ1n) is 10.1. The van der Waals surface area contributed by atoms with Crippen molar-refractivity contribution >= 4 is 5.91 Å². The summed E-state index contributed by atoms with van der Waals surface area (Å²) in [5.41, 5.74) is 0.803. The molecule has 2 aromatic heterocycles. The van der Waals surface area contributed by atoms with Gasteiger partial charge in [0.1, 0.15) is 18.9 Å². The SMILES string of the molecule is C[C@@H](Oc1coc(C[NH+]2CCN(C(=O)c3ccco3)CC2)cc1=O)c1ccccc1. The Morgan fingerprint density at radius 3 is 2.57 bits per heavy atom. The Kier molecular flexibility index (Phi) is 5.99. The zero-order valence-electron chi connectivity index (χ0n) is 16.9. The zero-order chi connectivity index (χ0) is 20.9. The molecule has 3 heterocycles. The molecule has 1 aliphatic rings. The summed E-state index contributed by atoms with van der Waals surface area (Å²) in [5, 5.41) is 0. The number of carbonyl (C=O) groups is 1. The summed E-state index contributed by atoms with van der Waals surface area (Å²) in [6, 6.07) is 14.6. The molecule has 0 unspecified atom stereocenters. The van der Waals surface area contributed by atoms with Crippen molar-refractivity contribution in [3.05, 3.63) is 88.4 Å². The first kappa shape index (κ1) is 20.0. The number of quaternary nitrogens is 1. The van der Waals surface area contributed by atoms with E-state index < -0.39 is 0 Å². The standard InChI is InChI=1S/C23H24N2O5/c1-17(18-6-3-2-4-7-18)30-22-16-29-19(14-20(22)26)15-24-9-11-25(12-10-24)23(27)21-8-5-13-28-21/h2-8,13-14,16-17H,9-12,15H2,1H3/p+1/t17-/m1/s1. The predicted molar refractivity (Wildman–Crippen MR) is 109 cm³/mol. The van der Waals surface area contributed by atoms with Crippen LogP contribution in [0.3, 0.4) is 0 Å². The lowest BCUT2D eigenvalue weighted by Gasteiger charge is -2.31. The molecule has 0 bridgehead atoms. The molecule has 0 radical (unpaired) electrons. The summed E-state index contributed by atoms with van der Waals surface area (Å²) < 4.78 is 16.6. The lowest BCUT2D eigenvalue weighted by atomic mass is 10.1. The van der Waals surface area contributed by atoms with Gasteiger partial charge in [0.2, 0.25) is 11.2 Å². The normalized spacial score (nSPS) is 15.7. The number of nitrogens with one attached hydrogen (secondary N) is 1.